The Morgan fingerprint density at radius 1 is 1.24 bits per heavy atom. The summed E-state index contributed by atoms with van der Waals surface area (Å²) in [6, 6.07) is 11.6. The van der Waals surface area contributed by atoms with E-state index in [9.17, 15) is 4.79 Å². The highest BCUT2D eigenvalue weighted by Crippen LogP contribution is 2.23. The van der Waals surface area contributed by atoms with E-state index in [-0.39, 0.29) is 5.91 Å². The largest absolute Gasteiger partial charge is 0.311 e. The smallest absolute Gasteiger partial charge is 0.237 e. The van der Waals surface area contributed by atoms with Crippen LogP contribution in [0.1, 0.15) is 31.5 Å². The van der Waals surface area contributed by atoms with Crippen LogP contribution in [0.4, 0.5) is 5.69 Å². The van der Waals surface area contributed by atoms with E-state index in [4.69, 9.17) is 5.26 Å². The van der Waals surface area contributed by atoms with Crippen molar-refractivity contribution in [3.05, 3.63) is 36.2 Å². The van der Waals surface area contributed by atoms with Gasteiger partial charge in [-0.25, -0.2) is 0 Å². The molecule has 0 saturated heterocycles. The van der Waals surface area contributed by atoms with Crippen molar-refractivity contribution in [3.8, 4) is 6.07 Å². The number of nitriles is 1. The summed E-state index contributed by atoms with van der Waals surface area (Å²) in [6.45, 7) is 1.33. The van der Waals surface area contributed by atoms with E-state index in [2.05, 4.69) is 20.8 Å². The highest BCUT2D eigenvalue weighted by molar-refractivity contribution is 7.99. The average molecular weight is 355 g/mol. The second-order valence-corrected chi connectivity index (χ2v) is 6.88. The number of benzene rings is 1. The first-order valence-electron chi connectivity index (χ1n) is 8.57. The number of carbonyl (C=O) groups excluding carboxylic acids is 1. The zero-order chi connectivity index (χ0) is 17.5. The Balaban J connectivity index is 1.68. The first-order chi connectivity index (χ1) is 12.3. The molecule has 6 nitrogen and oxygen atoms in total. The molecule has 1 aromatic heterocycles. The number of thioether (sulfide) groups is 1. The zero-order valence-corrected chi connectivity index (χ0v) is 14.9. The molecular formula is C18H21N5OS. The molecule has 0 atom stereocenters. The first kappa shape index (κ1) is 17.5. The third-order valence-electron chi connectivity index (χ3n) is 4.22. The summed E-state index contributed by atoms with van der Waals surface area (Å²) in [7, 11) is 0. The van der Waals surface area contributed by atoms with Crippen LogP contribution in [0.5, 0.6) is 0 Å². The van der Waals surface area contributed by atoms with Crippen molar-refractivity contribution in [2.24, 2.45) is 0 Å². The lowest BCUT2D eigenvalue weighted by Crippen LogP contribution is -2.33. The molecule has 0 fully saturated rings. The number of hydrogen-bond donors (Lipinski definition) is 0. The molecule has 0 radical (unpaired) electrons. The second-order valence-electron chi connectivity index (χ2n) is 5.94. The lowest BCUT2D eigenvalue weighted by molar-refractivity contribution is -0.116. The van der Waals surface area contributed by atoms with E-state index in [1.54, 1.807) is 4.90 Å². The molecule has 2 aromatic rings. The zero-order valence-electron chi connectivity index (χ0n) is 14.1. The van der Waals surface area contributed by atoms with Gasteiger partial charge in [0.05, 0.1) is 18.2 Å². The molecule has 1 amide bonds. The van der Waals surface area contributed by atoms with Crippen molar-refractivity contribution in [3.63, 3.8) is 0 Å². The summed E-state index contributed by atoms with van der Waals surface area (Å²) in [5.74, 6) is 1.30. The number of fused-ring (bicyclic) bond motifs is 1. The van der Waals surface area contributed by atoms with Crippen LogP contribution < -0.4 is 4.90 Å². The Kier molecular flexibility index (Phi) is 6.07. The number of nitrogens with zero attached hydrogens (tertiary/aromatic N) is 5. The third kappa shape index (κ3) is 4.40. The van der Waals surface area contributed by atoms with Crippen LogP contribution in [-0.4, -0.2) is 33.0 Å². The summed E-state index contributed by atoms with van der Waals surface area (Å²) >= 11 is 1.43. The Hall–Kier alpha value is -2.33. The van der Waals surface area contributed by atoms with E-state index in [1.165, 1.54) is 18.2 Å². The Labute approximate surface area is 151 Å². The fourth-order valence-corrected chi connectivity index (χ4v) is 3.80. The van der Waals surface area contributed by atoms with E-state index >= 15 is 0 Å². The predicted octanol–water partition coefficient (Wildman–Crippen LogP) is 3.04. The summed E-state index contributed by atoms with van der Waals surface area (Å²) in [6.07, 6.45) is 4.76. The van der Waals surface area contributed by atoms with Crippen LogP contribution in [0.15, 0.2) is 35.5 Å². The minimum absolute atomic E-state index is 0.0163. The number of hydrogen-bond acceptors (Lipinski definition) is 5. The Morgan fingerprint density at radius 3 is 2.88 bits per heavy atom. The predicted molar refractivity (Wildman–Crippen MR) is 97.3 cm³/mol. The highest BCUT2D eigenvalue weighted by atomic mass is 32.2. The fraction of sp³-hybridized carbons (Fsp3) is 0.444. The lowest BCUT2D eigenvalue weighted by Gasteiger charge is -2.21. The fourth-order valence-electron chi connectivity index (χ4n) is 2.94. The monoisotopic (exact) mass is 355 g/mol. The SMILES string of the molecule is N#CCCN(C(=O)CSc1nnc2n1CCCCC2)c1ccccc1. The van der Waals surface area contributed by atoms with Gasteiger partial charge < -0.3 is 9.47 Å². The summed E-state index contributed by atoms with van der Waals surface area (Å²) in [4.78, 5) is 14.4. The van der Waals surface area contributed by atoms with Crippen LogP contribution in [0, 0.1) is 11.3 Å². The first-order valence-corrected chi connectivity index (χ1v) is 9.55. The second kappa shape index (κ2) is 8.67. The van der Waals surface area contributed by atoms with Gasteiger partial charge in [0.2, 0.25) is 5.91 Å². The Bertz CT molecular complexity index is 753. The number of para-hydroxylation sites is 1. The number of carbonyl (C=O) groups is 1. The summed E-state index contributed by atoms with van der Waals surface area (Å²) in [5, 5.41) is 18.2. The van der Waals surface area contributed by atoms with Gasteiger partial charge in [-0.3, -0.25) is 4.79 Å². The van der Waals surface area contributed by atoms with Crippen molar-refractivity contribution >= 4 is 23.4 Å². The molecule has 2 heterocycles. The molecule has 3 rings (SSSR count). The molecule has 0 saturated carbocycles. The average Bonchev–Trinajstić information content (AvgIpc) is 2.87. The molecule has 25 heavy (non-hydrogen) atoms. The summed E-state index contributed by atoms with van der Waals surface area (Å²) in [5.41, 5.74) is 0.823. The van der Waals surface area contributed by atoms with Crippen LogP contribution in [0.2, 0.25) is 0 Å². The van der Waals surface area contributed by atoms with Gasteiger partial charge in [-0.1, -0.05) is 36.4 Å². The quantitative estimate of drug-likeness (QED) is 0.745. The number of aryl methyl sites for hydroxylation is 1. The minimum Gasteiger partial charge on any atom is -0.311 e. The van der Waals surface area contributed by atoms with Crippen LogP contribution in [-0.2, 0) is 17.8 Å². The van der Waals surface area contributed by atoms with Crippen molar-refractivity contribution in [1.29, 1.82) is 5.26 Å². The maximum absolute atomic E-state index is 12.7. The highest BCUT2D eigenvalue weighted by Gasteiger charge is 2.19. The molecule has 0 unspecified atom stereocenters. The van der Waals surface area contributed by atoms with E-state index in [0.29, 0.717) is 18.7 Å². The van der Waals surface area contributed by atoms with Crippen molar-refractivity contribution in [1.82, 2.24) is 14.8 Å². The van der Waals surface area contributed by atoms with E-state index in [0.717, 1.165) is 42.5 Å². The molecule has 130 valence electrons. The number of amides is 1. The molecule has 0 spiro atoms. The molecular weight excluding hydrogens is 334 g/mol. The topological polar surface area (TPSA) is 74.8 Å². The van der Waals surface area contributed by atoms with Gasteiger partial charge >= 0.3 is 0 Å². The van der Waals surface area contributed by atoms with Crippen molar-refractivity contribution in [2.75, 3.05) is 17.2 Å². The van der Waals surface area contributed by atoms with Gasteiger partial charge in [0, 0.05) is 25.2 Å². The van der Waals surface area contributed by atoms with Crippen molar-refractivity contribution in [2.45, 2.75) is 43.8 Å². The van der Waals surface area contributed by atoms with Gasteiger partial charge in [0.15, 0.2) is 5.16 Å². The van der Waals surface area contributed by atoms with Crippen molar-refractivity contribution < 1.29 is 4.79 Å². The molecule has 1 aromatic carbocycles. The maximum Gasteiger partial charge on any atom is 0.237 e. The van der Waals surface area contributed by atoms with Crippen LogP contribution in [0.25, 0.3) is 0 Å². The molecule has 1 aliphatic heterocycles. The maximum atomic E-state index is 12.7. The van der Waals surface area contributed by atoms with Gasteiger partial charge in [0.25, 0.3) is 0 Å². The summed E-state index contributed by atoms with van der Waals surface area (Å²) < 4.78 is 2.15. The molecule has 0 bridgehead atoms. The number of anilines is 1. The van der Waals surface area contributed by atoms with Crippen LogP contribution in [0.3, 0.4) is 0 Å². The Morgan fingerprint density at radius 2 is 2.08 bits per heavy atom. The third-order valence-corrected chi connectivity index (χ3v) is 5.17. The molecule has 1 aliphatic rings. The van der Waals surface area contributed by atoms with E-state index in [1.807, 2.05) is 30.3 Å². The number of aromatic nitrogens is 3. The molecule has 7 heteroatoms. The van der Waals surface area contributed by atoms with Crippen LogP contribution >= 0.6 is 11.8 Å². The van der Waals surface area contributed by atoms with Gasteiger partial charge in [-0.2, -0.15) is 5.26 Å². The standard InChI is InChI=1S/C18H21N5OS/c19-11-7-13-22(15-8-3-1-4-9-15)17(24)14-25-18-21-20-16-10-5-2-6-12-23(16)18/h1,3-4,8-9H,2,5-7,10,12-14H2. The lowest BCUT2D eigenvalue weighted by atomic mass is 10.2. The van der Waals surface area contributed by atoms with E-state index < -0.39 is 0 Å². The molecule has 0 aliphatic carbocycles. The minimum atomic E-state index is -0.0163. The van der Waals surface area contributed by atoms with Gasteiger partial charge in [-0.15, -0.1) is 10.2 Å². The number of rotatable bonds is 6. The van der Waals surface area contributed by atoms with Gasteiger partial charge in [0.1, 0.15) is 5.82 Å². The van der Waals surface area contributed by atoms with Gasteiger partial charge in [-0.05, 0) is 25.0 Å². The molecule has 0 N–H and O–H groups in total. The normalized spacial score (nSPS) is 13.6.